The summed E-state index contributed by atoms with van der Waals surface area (Å²) < 4.78 is 2.47. The Morgan fingerprint density at radius 1 is 1.27 bits per heavy atom. The van der Waals surface area contributed by atoms with Crippen molar-refractivity contribution in [1.82, 2.24) is 19.7 Å². The predicted octanol–water partition coefficient (Wildman–Crippen LogP) is 2.93. The molecule has 1 aromatic heterocycles. The number of carbonyl (C=O) groups is 1. The third-order valence-corrected chi connectivity index (χ3v) is 4.39. The number of H-pyrrole nitrogens is 1. The normalized spacial score (nSPS) is 14.5. The van der Waals surface area contributed by atoms with Crippen molar-refractivity contribution in [2.45, 2.75) is 32.7 Å². The van der Waals surface area contributed by atoms with Gasteiger partial charge in [-0.1, -0.05) is 29.8 Å². The Bertz CT molecular complexity index is 710. The van der Waals surface area contributed by atoms with Gasteiger partial charge < -0.3 is 4.90 Å². The molecule has 3 rings (SSSR count). The fourth-order valence-electron chi connectivity index (χ4n) is 2.78. The molecule has 2 aromatic rings. The monoisotopic (exact) mass is 316 g/mol. The van der Waals surface area contributed by atoms with Gasteiger partial charge in [0.25, 0.3) is 0 Å². The minimum atomic E-state index is 0.204. The summed E-state index contributed by atoms with van der Waals surface area (Å²) in [4.78, 5) is 14.1. The first-order valence-electron chi connectivity index (χ1n) is 7.65. The summed E-state index contributed by atoms with van der Waals surface area (Å²) in [5, 5.41) is 7.15. The Kier molecular flexibility index (Phi) is 4.38. The highest BCUT2D eigenvalue weighted by Gasteiger charge is 2.18. The first kappa shape index (κ1) is 15.0. The summed E-state index contributed by atoms with van der Waals surface area (Å²) in [6.07, 6.45) is 2.70. The van der Waals surface area contributed by atoms with E-state index in [1.807, 2.05) is 33.7 Å². The van der Waals surface area contributed by atoms with E-state index < -0.39 is 0 Å². The number of nitrogens with zero attached hydrogens (tertiary/aromatic N) is 3. The van der Waals surface area contributed by atoms with E-state index in [-0.39, 0.29) is 5.91 Å². The van der Waals surface area contributed by atoms with Gasteiger partial charge in [-0.05, 0) is 32.0 Å². The standard InChI is InChI=1S/C16H20N4OS/c1-12-4-6-13(7-5-12)15-17-18-16(22)20(15)11-8-14(21)19-9-2-3-10-19/h4-7H,2-3,8-11H2,1H3,(H,18,22). The van der Waals surface area contributed by atoms with Gasteiger partial charge in [0.05, 0.1) is 0 Å². The molecule has 0 unspecified atom stereocenters. The first-order valence-corrected chi connectivity index (χ1v) is 8.06. The molecule has 22 heavy (non-hydrogen) atoms. The largest absolute Gasteiger partial charge is 0.343 e. The summed E-state index contributed by atoms with van der Waals surface area (Å²) >= 11 is 5.31. The van der Waals surface area contributed by atoms with Gasteiger partial charge in [-0.2, -0.15) is 5.10 Å². The lowest BCUT2D eigenvalue weighted by atomic mass is 10.1. The highest BCUT2D eigenvalue weighted by Crippen LogP contribution is 2.18. The molecule has 0 atom stereocenters. The Morgan fingerprint density at radius 3 is 2.64 bits per heavy atom. The van der Waals surface area contributed by atoms with Gasteiger partial charge in [0.1, 0.15) is 0 Å². The molecule has 0 radical (unpaired) electrons. The summed E-state index contributed by atoms with van der Waals surface area (Å²) in [7, 11) is 0. The second-order valence-corrected chi connectivity index (χ2v) is 6.09. The predicted molar refractivity (Wildman–Crippen MR) is 88.0 cm³/mol. The van der Waals surface area contributed by atoms with Crippen LogP contribution in [0.15, 0.2) is 24.3 Å². The van der Waals surface area contributed by atoms with Crippen molar-refractivity contribution in [3.63, 3.8) is 0 Å². The van der Waals surface area contributed by atoms with Crippen LogP contribution >= 0.6 is 12.2 Å². The number of hydrogen-bond donors (Lipinski definition) is 1. The molecule has 1 amide bonds. The summed E-state index contributed by atoms with van der Waals surface area (Å²) in [5.74, 6) is 0.995. The number of aryl methyl sites for hydroxylation is 1. The molecular formula is C16H20N4OS. The molecule has 0 spiro atoms. The lowest BCUT2D eigenvalue weighted by molar-refractivity contribution is -0.130. The van der Waals surface area contributed by atoms with Crippen molar-refractivity contribution < 1.29 is 4.79 Å². The zero-order valence-electron chi connectivity index (χ0n) is 12.7. The van der Waals surface area contributed by atoms with Crippen LogP contribution in [0.2, 0.25) is 0 Å². The number of aromatic amines is 1. The van der Waals surface area contributed by atoms with Crippen molar-refractivity contribution >= 4 is 18.1 Å². The molecule has 1 aliphatic heterocycles. The van der Waals surface area contributed by atoms with E-state index >= 15 is 0 Å². The maximum atomic E-state index is 12.2. The van der Waals surface area contributed by atoms with Gasteiger partial charge in [0.2, 0.25) is 5.91 Å². The van der Waals surface area contributed by atoms with Gasteiger partial charge >= 0.3 is 0 Å². The number of benzene rings is 1. The third-order valence-electron chi connectivity index (χ3n) is 4.08. The highest BCUT2D eigenvalue weighted by molar-refractivity contribution is 7.71. The van der Waals surface area contributed by atoms with Crippen LogP contribution in [0, 0.1) is 11.7 Å². The second kappa shape index (κ2) is 6.44. The van der Waals surface area contributed by atoms with Crippen LogP contribution in [-0.2, 0) is 11.3 Å². The van der Waals surface area contributed by atoms with Gasteiger partial charge in [-0.25, -0.2) is 0 Å². The summed E-state index contributed by atoms with van der Waals surface area (Å²) in [5.41, 5.74) is 2.21. The van der Waals surface area contributed by atoms with Crippen molar-refractivity contribution in [3.8, 4) is 11.4 Å². The topological polar surface area (TPSA) is 53.9 Å². The average molecular weight is 316 g/mol. The van der Waals surface area contributed by atoms with Gasteiger partial charge in [0.15, 0.2) is 10.6 Å². The van der Waals surface area contributed by atoms with E-state index in [9.17, 15) is 4.79 Å². The molecule has 0 aliphatic carbocycles. The number of nitrogens with one attached hydrogen (secondary N) is 1. The molecule has 1 saturated heterocycles. The Balaban J connectivity index is 1.76. The van der Waals surface area contributed by atoms with Crippen LogP contribution in [0.3, 0.4) is 0 Å². The smallest absolute Gasteiger partial charge is 0.224 e. The van der Waals surface area contributed by atoms with E-state index in [0.29, 0.717) is 17.7 Å². The highest BCUT2D eigenvalue weighted by atomic mass is 32.1. The lowest BCUT2D eigenvalue weighted by Crippen LogP contribution is -2.28. The van der Waals surface area contributed by atoms with E-state index in [4.69, 9.17) is 12.2 Å². The van der Waals surface area contributed by atoms with Crippen LogP contribution in [-0.4, -0.2) is 38.7 Å². The number of carbonyl (C=O) groups excluding carboxylic acids is 1. The van der Waals surface area contributed by atoms with Crippen molar-refractivity contribution in [3.05, 3.63) is 34.6 Å². The van der Waals surface area contributed by atoms with Gasteiger partial charge in [-0.3, -0.25) is 14.5 Å². The molecule has 6 heteroatoms. The number of rotatable bonds is 4. The van der Waals surface area contributed by atoms with Crippen LogP contribution in [0.1, 0.15) is 24.8 Å². The Hall–Kier alpha value is -1.95. The van der Waals surface area contributed by atoms with Crippen LogP contribution < -0.4 is 0 Å². The molecule has 1 N–H and O–H groups in total. The minimum absolute atomic E-state index is 0.204. The Labute approximate surface area is 135 Å². The number of amides is 1. The average Bonchev–Trinajstić information content (AvgIpc) is 3.16. The molecular weight excluding hydrogens is 296 g/mol. The molecule has 116 valence electrons. The summed E-state index contributed by atoms with van der Waals surface area (Å²) in [6.45, 7) is 4.39. The van der Waals surface area contributed by atoms with Crippen LogP contribution in [0.25, 0.3) is 11.4 Å². The molecule has 0 bridgehead atoms. The number of aromatic nitrogens is 3. The maximum absolute atomic E-state index is 12.2. The molecule has 5 nitrogen and oxygen atoms in total. The minimum Gasteiger partial charge on any atom is -0.343 e. The van der Waals surface area contributed by atoms with Gasteiger partial charge in [-0.15, -0.1) is 0 Å². The van der Waals surface area contributed by atoms with E-state index in [0.717, 1.165) is 37.3 Å². The lowest BCUT2D eigenvalue weighted by Gasteiger charge is -2.15. The molecule has 1 aromatic carbocycles. The Morgan fingerprint density at radius 2 is 1.95 bits per heavy atom. The maximum Gasteiger partial charge on any atom is 0.224 e. The van der Waals surface area contributed by atoms with E-state index in [1.54, 1.807) is 0 Å². The van der Waals surface area contributed by atoms with Crippen molar-refractivity contribution in [1.29, 1.82) is 0 Å². The van der Waals surface area contributed by atoms with Crippen LogP contribution in [0.4, 0.5) is 0 Å². The molecule has 0 saturated carbocycles. The van der Waals surface area contributed by atoms with Gasteiger partial charge in [0, 0.05) is 31.6 Å². The van der Waals surface area contributed by atoms with Crippen LogP contribution in [0.5, 0.6) is 0 Å². The van der Waals surface area contributed by atoms with E-state index in [2.05, 4.69) is 17.1 Å². The first-order chi connectivity index (χ1) is 10.6. The second-order valence-electron chi connectivity index (χ2n) is 5.71. The SMILES string of the molecule is Cc1ccc(-c2n[nH]c(=S)n2CCC(=O)N2CCCC2)cc1. The molecule has 1 aliphatic rings. The fraction of sp³-hybridized carbons (Fsp3) is 0.438. The number of hydrogen-bond acceptors (Lipinski definition) is 3. The van der Waals surface area contributed by atoms with E-state index in [1.165, 1.54) is 5.56 Å². The van der Waals surface area contributed by atoms with Crippen molar-refractivity contribution in [2.24, 2.45) is 0 Å². The third kappa shape index (κ3) is 3.11. The quantitative estimate of drug-likeness (QED) is 0.882. The zero-order chi connectivity index (χ0) is 15.5. The zero-order valence-corrected chi connectivity index (χ0v) is 13.5. The molecule has 2 heterocycles. The summed E-state index contributed by atoms with van der Waals surface area (Å²) in [6, 6.07) is 8.15. The van der Waals surface area contributed by atoms with Crippen molar-refractivity contribution in [2.75, 3.05) is 13.1 Å². The fourth-order valence-corrected chi connectivity index (χ4v) is 3.00. The molecule has 1 fully saturated rings. The number of likely N-dealkylation sites (tertiary alicyclic amines) is 1.